The Labute approximate surface area is 118 Å². The van der Waals surface area contributed by atoms with Crippen molar-refractivity contribution >= 4 is 0 Å². The van der Waals surface area contributed by atoms with Gasteiger partial charge in [0.2, 0.25) is 0 Å². The smallest absolute Gasteiger partial charge is 0.124 e. The molecule has 0 atom stereocenters. The van der Waals surface area contributed by atoms with Crippen molar-refractivity contribution in [3.05, 3.63) is 84.2 Å². The second kappa shape index (κ2) is 5.30. The molecule has 3 rings (SSSR count). The van der Waals surface area contributed by atoms with E-state index in [0.717, 1.165) is 27.8 Å². The molecule has 0 bridgehead atoms. The van der Waals surface area contributed by atoms with E-state index in [-0.39, 0.29) is 5.82 Å². The van der Waals surface area contributed by atoms with Crippen LogP contribution in [0.2, 0.25) is 0 Å². The molecule has 0 radical (unpaired) electrons. The molecule has 20 heavy (non-hydrogen) atoms. The molecule has 0 heterocycles. The average molecular weight is 262 g/mol. The first-order valence-electron chi connectivity index (χ1n) is 6.67. The van der Waals surface area contributed by atoms with Gasteiger partial charge in [0, 0.05) is 0 Å². The average Bonchev–Trinajstić information content (AvgIpc) is 2.48. The predicted octanol–water partition coefficient (Wildman–Crippen LogP) is 5.47. The predicted molar refractivity (Wildman–Crippen MR) is 82.0 cm³/mol. The summed E-state index contributed by atoms with van der Waals surface area (Å²) in [6.45, 7) is 1.96. The van der Waals surface area contributed by atoms with Gasteiger partial charge in [-0.05, 0) is 46.9 Å². The Morgan fingerprint density at radius 2 is 1.25 bits per heavy atom. The quantitative estimate of drug-likeness (QED) is 0.574. The number of rotatable bonds is 2. The van der Waals surface area contributed by atoms with Crippen molar-refractivity contribution in [3.8, 4) is 22.3 Å². The number of halogens is 1. The van der Waals surface area contributed by atoms with Crippen molar-refractivity contribution in [2.24, 2.45) is 0 Å². The molecule has 3 aromatic carbocycles. The van der Waals surface area contributed by atoms with Gasteiger partial charge in [-0.1, -0.05) is 60.7 Å². The number of hydrogen-bond donors (Lipinski definition) is 0. The van der Waals surface area contributed by atoms with Crippen LogP contribution in [0.1, 0.15) is 5.56 Å². The van der Waals surface area contributed by atoms with E-state index < -0.39 is 0 Å². The highest BCUT2D eigenvalue weighted by molar-refractivity contribution is 5.85. The van der Waals surface area contributed by atoms with Gasteiger partial charge >= 0.3 is 0 Å². The maximum absolute atomic E-state index is 13.8. The fourth-order valence-electron chi connectivity index (χ4n) is 2.58. The van der Waals surface area contributed by atoms with Crippen LogP contribution >= 0.6 is 0 Å². The number of benzene rings is 3. The fraction of sp³-hybridized carbons (Fsp3) is 0.0526. The first-order valence-corrected chi connectivity index (χ1v) is 6.67. The molecular weight excluding hydrogens is 247 g/mol. The van der Waals surface area contributed by atoms with Crippen LogP contribution in [-0.2, 0) is 0 Å². The van der Waals surface area contributed by atoms with Crippen molar-refractivity contribution < 1.29 is 4.39 Å². The van der Waals surface area contributed by atoms with E-state index >= 15 is 0 Å². The number of hydrogen-bond acceptors (Lipinski definition) is 0. The summed E-state index contributed by atoms with van der Waals surface area (Å²) >= 11 is 0. The van der Waals surface area contributed by atoms with E-state index in [1.165, 1.54) is 0 Å². The van der Waals surface area contributed by atoms with Crippen LogP contribution in [0.25, 0.3) is 22.3 Å². The van der Waals surface area contributed by atoms with Crippen molar-refractivity contribution in [1.82, 2.24) is 0 Å². The highest BCUT2D eigenvalue weighted by Gasteiger charge is 2.11. The number of aryl methyl sites for hydroxylation is 1. The zero-order valence-corrected chi connectivity index (χ0v) is 11.3. The van der Waals surface area contributed by atoms with E-state index in [1.54, 1.807) is 12.1 Å². The Morgan fingerprint density at radius 3 is 1.85 bits per heavy atom. The standard InChI is InChI=1S/C19H15F/c1-14-12-17(20)13-18(15-8-4-2-5-9-15)19(14)16-10-6-3-7-11-16/h2-13H,1H3. The second-order valence-corrected chi connectivity index (χ2v) is 4.88. The molecule has 0 nitrogen and oxygen atoms in total. The summed E-state index contributed by atoms with van der Waals surface area (Å²) in [5.74, 6) is -0.193. The summed E-state index contributed by atoms with van der Waals surface area (Å²) in [5, 5.41) is 0. The molecule has 0 aromatic heterocycles. The maximum atomic E-state index is 13.8. The van der Waals surface area contributed by atoms with Crippen LogP contribution in [0.15, 0.2) is 72.8 Å². The summed E-state index contributed by atoms with van der Waals surface area (Å²) in [4.78, 5) is 0. The van der Waals surface area contributed by atoms with E-state index in [2.05, 4.69) is 12.1 Å². The summed E-state index contributed by atoms with van der Waals surface area (Å²) < 4.78 is 13.8. The largest absolute Gasteiger partial charge is 0.207 e. The Kier molecular flexibility index (Phi) is 3.34. The summed E-state index contributed by atoms with van der Waals surface area (Å²) in [5.41, 5.74) is 5.14. The maximum Gasteiger partial charge on any atom is 0.124 e. The van der Waals surface area contributed by atoms with Crippen molar-refractivity contribution in [1.29, 1.82) is 0 Å². The molecule has 0 aliphatic carbocycles. The third kappa shape index (κ3) is 2.35. The lowest BCUT2D eigenvalue weighted by Crippen LogP contribution is -1.91. The minimum absolute atomic E-state index is 0.193. The molecule has 0 fully saturated rings. The molecule has 98 valence electrons. The van der Waals surface area contributed by atoms with Gasteiger partial charge in [0.25, 0.3) is 0 Å². The summed E-state index contributed by atoms with van der Waals surface area (Å²) in [7, 11) is 0. The Hall–Kier alpha value is -2.41. The molecule has 1 heteroatoms. The van der Waals surface area contributed by atoms with Gasteiger partial charge in [-0.25, -0.2) is 4.39 Å². The van der Waals surface area contributed by atoms with Gasteiger partial charge in [-0.3, -0.25) is 0 Å². The molecule has 3 aromatic rings. The highest BCUT2D eigenvalue weighted by Crippen LogP contribution is 2.35. The fourth-order valence-corrected chi connectivity index (χ4v) is 2.58. The molecule has 0 spiro atoms. The van der Waals surface area contributed by atoms with Crippen LogP contribution < -0.4 is 0 Å². The van der Waals surface area contributed by atoms with Crippen LogP contribution in [0.5, 0.6) is 0 Å². The second-order valence-electron chi connectivity index (χ2n) is 4.88. The molecule has 0 N–H and O–H groups in total. The molecule has 0 unspecified atom stereocenters. The van der Waals surface area contributed by atoms with Gasteiger partial charge in [-0.2, -0.15) is 0 Å². The van der Waals surface area contributed by atoms with E-state index in [9.17, 15) is 4.39 Å². The first-order chi connectivity index (χ1) is 9.75. The summed E-state index contributed by atoms with van der Waals surface area (Å²) in [6, 6.07) is 23.3. The highest BCUT2D eigenvalue weighted by atomic mass is 19.1. The SMILES string of the molecule is Cc1cc(F)cc(-c2ccccc2)c1-c1ccccc1. The molecule has 0 amide bonds. The topological polar surface area (TPSA) is 0 Å². The van der Waals surface area contributed by atoms with Crippen molar-refractivity contribution in [2.75, 3.05) is 0 Å². The lowest BCUT2D eigenvalue weighted by Gasteiger charge is -2.14. The third-order valence-corrected chi connectivity index (χ3v) is 3.45. The van der Waals surface area contributed by atoms with E-state index in [0.29, 0.717) is 0 Å². The van der Waals surface area contributed by atoms with Gasteiger partial charge in [-0.15, -0.1) is 0 Å². The van der Waals surface area contributed by atoms with Crippen LogP contribution in [-0.4, -0.2) is 0 Å². The van der Waals surface area contributed by atoms with Crippen molar-refractivity contribution in [3.63, 3.8) is 0 Å². The normalized spacial score (nSPS) is 10.5. The van der Waals surface area contributed by atoms with Crippen LogP contribution in [0, 0.1) is 12.7 Å². The monoisotopic (exact) mass is 262 g/mol. The minimum Gasteiger partial charge on any atom is -0.207 e. The van der Waals surface area contributed by atoms with Gasteiger partial charge in [0.05, 0.1) is 0 Å². The van der Waals surface area contributed by atoms with Gasteiger partial charge in [0.15, 0.2) is 0 Å². The first kappa shape index (κ1) is 12.6. The molecular formula is C19H15F. The van der Waals surface area contributed by atoms with Gasteiger partial charge in [0.1, 0.15) is 5.82 Å². The molecule has 0 saturated carbocycles. The Bertz CT molecular complexity index is 716. The zero-order chi connectivity index (χ0) is 13.9. The van der Waals surface area contributed by atoms with Crippen molar-refractivity contribution in [2.45, 2.75) is 6.92 Å². The summed E-state index contributed by atoms with van der Waals surface area (Å²) in [6.07, 6.45) is 0. The molecule has 0 saturated heterocycles. The lowest BCUT2D eigenvalue weighted by atomic mass is 9.91. The minimum atomic E-state index is -0.193. The van der Waals surface area contributed by atoms with Crippen LogP contribution in [0.4, 0.5) is 4.39 Å². The molecule has 0 aliphatic rings. The third-order valence-electron chi connectivity index (χ3n) is 3.45. The zero-order valence-electron chi connectivity index (χ0n) is 11.3. The Balaban J connectivity index is 2.29. The Morgan fingerprint density at radius 1 is 0.700 bits per heavy atom. The van der Waals surface area contributed by atoms with E-state index in [4.69, 9.17) is 0 Å². The molecule has 0 aliphatic heterocycles. The lowest BCUT2D eigenvalue weighted by molar-refractivity contribution is 0.627. The van der Waals surface area contributed by atoms with Gasteiger partial charge < -0.3 is 0 Å². The van der Waals surface area contributed by atoms with Crippen LogP contribution in [0.3, 0.4) is 0 Å². The van der Waals surface area contributed by atoms with E-state index in [1.807, 2.05) is 55.5 Å².